The van der Waals surface area contributed by atoms with Crippen LogP contribution in [0.1, 0.15) is 20.0 Å². The summed E-state index contributed by atoms with van der Waals surface area (Å²) in [4.78, 5) is 11.1. The summed E-state index contributed by atoms with van der Waals surface area (Å²) < 4.78 is 5.78. The molecule has 27 heavy (non-hydrogen) atoms. The number of aliphatic hydroxyl groups excluding tert-OH is 1. The molecule has 8 heteroatoms. The lowest BCUT2D eigenvalue weighted by Gasteiger charge is -2.19. The largest absolute Gasteiger partial charge is 0.414 e. The van der Waals surface area contributed by atoms with Crippen molar-refractivity contribution < 1.29 is 16.7 Å². The van der Waals surface area contributed by atoms with Crippen molar-refractivity contribution in [2.45, 2.75) is 18.9 Å². The fourth-order valence-corrected chi connectivity index (χ4v) is 4.14. The molecule has 2 fully saturated rings. The van der Waals surface area contributed by atoms with Gasteiger partial charge in [0.05, 0.1) is 12.3 Å². The van der Waals surface area contributed by atoms with Crippen LogP contribution in [0.5, 0.6) is 0 Å². The summed E-state index contributed by atoms with van der Waals surface area (Å²) in [6.07, 6.45) is 3.40. The molecule has 2 aromatic heterocycles. The predicted octanol–water partition coefficient (Wildman–Crippen LogP) is 3.21. The van der Waals surface area contributed by atoms with Gasteiger partial charge in [-0.05, 0) is 30.9 Å². The first-order chi connectivity index (χ1) is 13.2. The fraction of sp³-hybridized carbons (Fsp3) is 0.368. The zero-order valence-corrected chi connectivity index (χ0v) is 14.7. The average Bonchev–Trinajstić information content (AvgIpc) is 3.41. The zero-order valence-electron chi connectivity index (χ0n) is 14.7. The van der Waals surface area contributed by atoms with Crippen LogP contribution >= 0.6 is 0 Å². The number of nitrogens with two attached hydrogens (primary N) is 1. The molecule has 1 aliphatic heterocycles. The van der Waals surface area contributed by atoms with Gasteiger partial charge in [0.15, 0.2) is 11.5 Å². The van der Waals surface area contributed by atoms with Crippen molar-refractivity contribution in [3.63, 3.8) is 0 Å². The van der Waals surface area contributed by atoms with Crippen LogP contribution in [0, 0.1) is 11.8 Å². The Bertz CT molecular complexity index is 980. The number of anilines is 2. The van der Waals surface area contributed by atoms with E-state index in [1.54, 1.807) is 6.20 Å². The van der Waals surface area contributed by atoms with E-state index in [9.17, 15) is 5.11 Å². The van der Waals surface area contributed by atoms with E-state index in [4.69, 9.17) is 10.2 Å². The van der Waals surface area contributed by atoms with Crippen molar-refractivity contribution in [3.05, 3.63) is 36.5 Å². The highest BCUT2D eigenvalue weighted by Gasteiger charge is 2.42. The maximum absolute atomic E-state index is 10.1. The Balaban J connectivity index is 0.00000192. The van der Waals surface area contributed by atoms with Crippen molar-refractivity contribution in [3.8, 4) is 23.0 Å². The zero-order chi connectivity index (χ0) is 18.4. The summed E-state index contributed by atoms with van der Waals surface area (Å²) in [6, 6.07) is 9.55. The second-order valence-electron chi connectivity index (χ2n) is 7.21. The molecule has 148 valence electrons. The van der Waals surface area contributed by atoms with E-state index in [1.165, 1.54) is 0 Å². The molecule has 8 nitrogen and oxygen atoms in total. The van der Waals surface area contributed by atoms with Crippen LogP contribution in [-0.2, 0) is 0 Å². The molecular formula is C19H30N6O2. The van der Waals surface area contributed by atoms with E-state index >= 15 is 0 Å². The predicted molar refractivity (Wildman–Crippen MR) is 110 cm³/mol. The van der Waals surface area contributed by atoms with Gasteiger partial charge in [0.25, 0.3) is 5.89 Å². The quantitative estimate of drug-likeness (QED) is 0.718. The molecule has 0 bridgehead atoms. The molecule has 3 aromatic rings. The summed E-state index contributed by atoms with van der Waals surface area (Å²) in [5, 5.41) is 18.3. The van der Waals surface area contributed by atoms with Crippen molar-refractivity contribution in [1.82, 2.24) is 20.2 Å². The normalized spacial score (nSPS) is 24.3. The van der Waals surface area contributed by atoms with Crippen LogP contribution < -0.4 is 10.6 Å². The first kappa shape index (κ1) is 16.2. The highest BCUT2D eigenvalue weighted by molar-refractivity contribution is 5.65. The number of benzene rings is 1. The minimum atomic E-state index is -0.217. The van der Waals surface area contributed by atoms with E-state index in [-0.39, 0.29) is 24.9 Å². The van der Waals surface area contributed by atoms with Gasteiger partial charge in [-0.3, -0.25) is 0 Å². The van der Waals surface area contributed by atoms with Gasteiger partial charge < -0.3 is 20.2 Å². The minimum absolute atomic E-state index is 0. The molecule has 3 N–H and O–H groups in total. The fourth-order valence-electron chi connectivity index (χ4n) is 4.14. The van der Waals surface area contributed by atoms with E-state index in [1.807, 2.05) is 30.3 Å². The Labute approximate surface area is 163 Å². The van der Waals surface area contributed by atoms with Gasteiger partial charge >= 0.3 is 0 Å². The van der Waals surface area contributed by atoms with Gasteiger partial charge in [-0.2, -0.15) is 0 Å². The molecule has 1 aliphatic carbocycles. The Morgan fingerprint density at radius 3 is 2.74 bits per heavy atom. The maximum atomic E-state index is 10.1. The molecule has 1 aromatic carbocycles. The molecule has 1 saturated carbocycles. The molecule has 0 amide bonds. The molecule has 0 spiro atoms. The van der Waals surface area contributed by atoms with Crippen molar-refractivity contribution >= 4 is 11.6 Å². The number of rotatable bonds is 3. The van der Waals surface area contributed by atoms with E-state index in [0.717, 1.165) is 37.3 Å². The minimum Gasteiger partial charge on any atom is -0.414 e. The molecule has 3 unspecified atom stereocenters. The lowest BCUT2D eigenvalue weighted by Crippen LogP contribution is -2.25. The number of hydrogen-bond acceptors (Lipinski definition) is 8. The summed E-state index contributed by atoms with van der Waals surface area (Å²) in [7, 11) is 0. The Kier molecular flexibility index (Phi) is 3.78. The Hall–Kier alpha value is -3.00. The number of aliphatic hydroxyl groups is 1. The molecule has 2 aliphatic rings. The van der Waals surface area contributed by atoms with E-state index < -0.39 is 0 Å². The smallest absolute Gasteiger partial charge is 0.270 e. The standard InChI is InChI=1S/C19H20N6O2.5H2/c20-17-16(19-24-23-18(27-19)11-4-2-1-3-5-11)22-15(8-21-17)25-9-12-6-7-14(26)13(12)10-25;;;;;/h1-5,8,12-14,26H,6-7,9-10H2,(H2,20,21);5*1H. The monoisotopic (exact) mass is 374 g/mol. The molecule has 0 radical (unpaired) electrons. The van der Waals surface area contributed by atoms with Gasteiger partial charge in [-0.1, -0.05) is 18.2 Å². The second kappa shape index (κ2) is 6.31. The number of aromatic nitrogens is 4. The topological polar surface area (TPSA) is 114 Å². The maximum Gasteiger partial charge on any atom is 0.270 e. The van der Waals surface area contributed by atoms with Crippen LogP contribution in [0.15, 0.2) is 40.9 Å². The van der Waals surface area contributed by atoms with E-state index in [2.05, 4.69) is 25.1 Å². The third-order valence-electron chi connectivity index (χ3n) is 5.58. The first-order valence-corrected chi connectivity index (χ1v) is 9.14. The number of fused-ring (bicyclic) bond motifs is 1. The summed E-state index contributed by atoms with van der Waals surface area (Å²) in [5.74, 6) is 2.45. The van der Waals surface area contributed by atoms with Crippen LogP contribution in [0.25, 0.3) is 23.0 Å². The van der Waals surface area contributed by atoms with Crippen molar-refractivity contribution in [2.24, 2.45) is 11.8 Å². The highest BCUT2D eigenvalue weighted by atomic mass is 16.4. The number of hydrogen-bond donors (Lipinski definition) is 2. The van der Waals surface area contributed by atoms with Crippen molar-refractivity contribution in [1.29, 1.82) is 0 Å². The Morgan fingerprint density at radius 1 is 1.11 bits per heavy atom. The van der Waals surface area contributed by atoms with Gasteiger partial charge in [0, 0.05) is 31.7 Å². The highest BCUT2D eigenvalue weighted by Crippen LogP contribution is 2.39. The third kappa shape index (κ3) is 2.82. The lowest BCUT2D eigenvalue weighted by atomic mass is 10.00. The average molecular weight is 374 g/mol. The summed E-state index contributed by atoms with van der Waals surface area (Å²) in [5.41, 5.74) is 7.24. The third-order valence-corrected chi connectivity index (χ3v) is 5.58. The molecule has 1 saturated heterocycles. The SMILES string of the molecule is Nc1ncc(N2CC3CCC(O)C3C2)nc1-c1nnc(-c2ccccc2)o1.[HH].[HH].[HH].[HH].[HH]. The molecule has 5 rings (SSSR count). The lowest BCUT2D eigenvalue weighted by molar-refractivity contribution is 0.133. The number of nitrogens with zero attached hydrogens (tertiary/aromatic N) is 5. The molecular weight excluding hydrogens is 344 g/mol. The van der Waals surface area contributed by atoms with Gasteiger partial charge in [-0.15, -0.1) is 10.2 Å². The van der Waals surface area contributed by atoms with Gasteiger partial charge in [0.2, 0.25) is 5.89 Å². The van der Waals surface area contributed by atoms with Gasteiger partial charge in [0.1, 0.15) is 5.82 Å². The Morgan fingerprint density at radius 2 is 1.93 bits per heavy atom. The van der Waals surface area contributed by atoms with Crippen LogP contribution in [-0.4, -0.2) is 44.5 Å². The van der Waals surface area contributed by atoms with Crippen molar-refractivity contribution in [2.75, 3.05) is 23.7 Å². The summed E-state index contributed by atoms with van der Waals surface area (Å²) >= 11 is 0. The van der Waals surface area contributed by atoms with Crippen LogP contribution in [0.3, 0.4) is 0 Å². The molecule has 3 atom stereocenters. The van der Waals surface area contributed by atoms with Crippen LogP contribution in [0.4, 0.5) is 11.6 Å². The van der Waals surface area contributed by atoms with Gasteiger partial charge in [-0.25, -0.2) is 9.97 Å². The number of nitrogen functional groups attached to an aromatic ring is 1. The second-order valence-corrected chi connectivity index (χ2v) is 7.21. The first-order valence-electron chi connectivity index (χ1n) is 9.14. The van der Waals surface area contributed by atoms with Crippen LogP contribution in [0.2, 0.25) is 0 Å². The molecule has 3 heterocycles. The summed E-state index contributed by atoms with van der Waals surface area (Å²) in [6.45, 7) is 1.65. The van der Waals surface area contributed by atoms with E-state index in [0.29, 0.717) is 23.4 Å².